The number of anilines is 1. The Bertz CT molecular complexity index is 628. The summed E-state index contributed by atoms with van der Waals surface area (Å²) in [7, 11) is 0. The van der Waals surface area contributed by atoms with Crippen LogP contribution in [0.1, 0.15) is 20.3 Å². The lowest BCUT2D eigenvalue weighted by molar-refractivity contribution is -0.117. The minimum Gasteiger partial charge on any atom is -0.381 e. The van der Waals surface area contributed by atoms with Crippen molar-refractivity contribution in [1.82, 2.24) is 4.98 Å². The Morgan fingerprint density at radius 3 is 3.00 bits per heavy atom. The van der Waals surface area contributed by atoms with Crippen molar-refractivity contribution in [2.24, 2.45) is 5.92 Å². The van der Waals surface area contributed by atoms with Crippen LogP contribution in [0.15, 0.2) is 34.1 Å². The standard InChI is InChI=1S/C16H19BrN2O2S/c1-11(2)9-21-7-6-15(20)19-16-18-14(10-22-16)12-4-3-5-13(17)8-12/h3-5,8,10-11H,6-7,9H2,1-2H3,(H,18,19,20). The maximum absolute atomic E-state index is 11.8. The number of hydrogen-bond acceptors (Lipinski definition) is 4. The van der Waals surface area contributed by atoms with Crippen LogP contribution in [0, 0.1) is 5.92 Å². The van der Waals surface area contributed by atoms with Gasteiger partial charge in [0.25, 0.3) is 0 Å². The summed E-state index contributed by atoms with van der Waals surface area (Å²) in [5, 5.41) is 5.36. The molecule has 0 bridgehead atoms. The number of halogens is 1. The Kier molecular flexibility index (Phi) is 6.54. The van der Waals surface area contributed by atoms with Crippen LogP contribution in [-0.4, -0.2) is 24.1 Å². The first-order valence-electron chi connectivity index (χ1n) is 7.13. The number of ether oxygens (including phenoxy) is 1. The molecule has 1 aromatic carbocycles. The zero-order valence-electron chi connectivity index (χ0n) is 12.6. The first-order valence-corrected chi connectivity index (χ1v) is 8.81. The fourth-order valence-electron chi connectivity index (χ4n) is 1.78. The number of carbonyl (C=O) groups is 1. The predicted molar refractivity (Wildman–Crippen MR) is 94.2 cm³/mol. The zero-order valence-corrected chi connectivity index (χ0v) is 15.0. The van der Waals surface area contributed by atoms with Gasteiger partial charge in [-0.2, -0.15) is 0 Å². The molecule has 118 valence electrons. The molecular weight excluding hydrogens is 364 g/mol. The topological polar surface area (TPSA) is 51.2 Å². The minimum atomic E-state index is -0.0705. The van der Waals surface area contributed by atoms with E-state index >= 15 is 0 Å². The molecule has 0 aliphatic carbocycles. The van der Waals surface area contributed by atoms with E-state index in [1.165, 1.54) is 11.3 Å². The van der Waals surface area contributed by atoms with Crippen molar-refractivity contribution in [3.05, 3.63) is 34.1 Å². The Labute approximate surface area is 143 Å². The van der Waals surface area contributed by atoms with Gasteiger partial charge in [-0.25, -0.2) is 4.98 Å². The first kappa shape index (κ1) is 17.1. The average Bonchev–Trinajstić information content (AvgIpc) is 2.92. The van der Waals surface area contributed by atoms with Crippen LogP contribution in [0.3, 0.4) is 0 Å². The van der Waals surface area contributed by atoms with E-state index in [0.29, 0.717) is 30.7 Å². The lowest BCUT2D eigenvalue weighted by atomic mass is 10.2. The summed E-state index contributed by atoms with van der Waals surface area (Å²) in [6, 6.07) is 7.92. The molecule has 0 saturated heterocycles. The second-order valence-electron chi connectivity index (χ2n) is 5.32. The van der Waals surface area contributed by atoms with Crippen LogP contribution < -0.4 is 5.32 Å². The molecule has 0 spiro atoms. The van der Waals surface area contributed by atoms with E-state index < -0.39 is 0 Å². The Morgan fingerprint density at radius 1 is 1.45 bits per heavy atom. The number of aromatic nitrogens is 1. The number of nitrogens with one attached hydrogen (secondary N) is 1. The molecule has 0 radical (unpaired) electrons. The molecule has 2 rings (SSSR count). The van der Waals surface area contributed by atoms with Crippen LogP contribution >= 0.6 is 27.3 Å². The summed E-state index contributed by atoms with van der Waals surface area (Å²) < 4.78 is 6.41. The van der Waals surface area contributed by atoms with Crippen LogP contribution in [0.4, 0.5) is 5.13 Å². The summed E-state index contributed by atoms with van der Waals surface area (Å²) in [5.41, 5.74) is 1.88. The summed E-state index contributed by atoms with van der Waals surface area (Å²) in [4.78, 5) is 16.3. The molecule has 0 unspecified atom stereocenters. The smallest absolute Gasteiger partial charge is 0.228 e. The molecule has 1 N–H and O–H groups in total. The highest BCUT2D eigenvalue weighted by molar-refractivity contribution is 9.10. The number of rotatable bonds is 7. The highest BCUT2D eigenvalue weighted by Crippen LogP contribution is 2.26. The van der Waals surface area contributed by atoms with E-state index in [-0.39, 0.29) is 5.91 Å². The average molecular weight is 383 g/mol. The third-order valence-electron chi connectivity index (χ3n) is 2.80. The highest BCUT2D eigenvalue weighted by Gasteiger charge is 2.08. The van der Waals surface area contributed by atoms with E-state index in [4.69, 9.17) is 4.74 Å². The fraction of sp³-hybridized carbons (Fsp3) is 0.375. The number of carbonyl (C=O) groups excluding carboxylic acids is 1. The minimum absolute atomic E-state index is 0.0705. The Morgan fingerprint density at radius 2 is 2.27 bits per heavy atom. The largest absolute Gasteiger partial charge is 0.381 e. The van der Waals surface area contributed by atoms with Crippen molar-refractivity contribution >= 4 is 38.3 Å². The summed E-state index contributed by atoms with van der Waals surface area (Å²) in [5.74, 6) is 0.411. The van der Waals surface area contributed by atoms with Crippen molar-refractivity contribution in [3.8, 4) is 11.3 Å². The number of benzene rings is 1. The lowest BCUT2D eigenvalue weighted by Crippen LogP contribution is -2.15. The normalized spacial score (nSPS) is 10.9. The van der Waals surface area contributed by atoms with Gasteiger partial charge in [0, 0.05) is 22.0 Å². The maximum atomic E-state index is 11.8. The monoisotopic (exact) mass is 382 g/mol. The highest BCUT2D eigenvalue weighted by atomic mass is 79.9. The van der Waals surface area contributed by atoms with E-state index in [2.05, 4.69) is 40.1 Å². The van der Waals surface area contributed by atoms with Crippen molar-refractivity contribution in [3.63, 3.8) is 0 Å². The van der Waals surface area contributed by atoms with Gasteiger partial charge < -0.3 is 10.1 Å². The van der Waals surface area contributed by atoms with Crippen molar-refractivity contribution in [2.45, 2.75) is 20.3 Å². The molecule has 1 heterocycles. The SMILES string of the molecule is CC(C)COCCC(=O)Nc1nc(-c2cccc(Br)c2)cs1. The maximum Gasteiger partial charge on any atom is 0.228 e. The van der Waals surface area contributed by atoms with Crippen molar-refractivity contribution in [1.29, 1.82) is 0 Å². The molecule has 0 fully saturated rings. The predicted octanol–water partition coefficient (Wildman–Crippen LogP) is 4.57. The molecule has 0 atom stereocenters. The molecule has 1 aromatic heterocycles. The van der Waals surface area contributed by atoms with Crippen molar-refractivity contribution in [2.75, 3.05) is 18.5 Å². The molecule has 22 heavy (non-hydrogen) atoms. The van der Waals surface area contributed by atoms with Gasteiger partial charge in [0.15, 0.2) is 5.13 Å². The van der Waals surface area contributed by atoms with Gasteiger partial charge in [-0.15, -0.1) is 11.3 Å². The van der Waals surface area contributed by atoms with Crippen molar-refractivity contribution < 1.29 is 9.53 Å². The fourth-order valence-corrected chi connectivity index (χ4v) is 2.91. The van der Waals surface area contributed by atoms with Gasteiger partial charge in [-0.1, -0.05) is 41.9 Å². The van der Waals surface area contributed by atoms with Crippen LogP contribution in [0.5, 0.6) is 0 Å². The molecule has 4 nitrogen and oxygen atoms in total. The van der Waals surface area contributed by atoms with Gasteiger partial charge in [-0.3, -0.25) is 4.79 Å². The molecular formula is C16H19BrN2O2S. The van der Waals surface area contributed by atoms with Gasteiger partial charge in [0.1, 0.15) is 0 Å². The molecule has 6 heteroatoms. The zero-order chi connectivity index (χ0) is 15.9. The molecule has 2 aromatic rings. The lowest BCUT2D eigenvalue weighted by Gasteiger charge is -2.06. The second-order valence-corrected chi connectivity index (χ2v) is 7.09. The Balaban J connectivity index is 1.85. The van der Waals surface area contributed by atoms with Gasteiger partial charge in [0.05, 0.1) is 18.7 Å². The van der Waals surface area contributed by atoms with Crippen LogP contribution in [0.25, 0.3) is 11.3 Å². The van der Waals surface area contributed by atoms with Gasteiger partial charge in [-0.05, 0) is 18.1 Å². The van der Waals surface area contributed by atoms with E-state index in [9.17, 15) is 4.79 Å². The van der Waals surface area contributed by atoms with Gasteiger partial charge in [0.2, 0.25) is 5.91 Å². The summed E-state index contributed by atoms with van der Waals surface area (Å²) in [6.07, 6.45) is 0.346. The Hall–Kier alpha value is -1.24. The molecule has 1 amide bonds. The molecule has 0 saturated carbocycles. The summed E-state index contributed by atoms with van der Waals surface area (Å²) >= 11 is 4.87. The van der Waals surface area contributed by atoms with E-state index in [1.54, 1.807) is 0 Å². The number of thiazole rings is 1. The van der Waals surface area contributed by atoms with E-state index in [1.807, 2.05) is 29.6 Å². The quantitative estimate of drug-likeness (QED) is 0.713. The van der Waals surface area contributed by atoms with Gasteiger partial charge >= 0.3 is 0 Å². The number of amides is 1. The van der Waals surface area contributed by atoms with Crippen LogP contribution in [-0.2, 0) is 9.53 Å². The third kappa shape index (κ3) is 5.51. The first-order chi connectivity index (χ1) is 10.5. The molecule has 0 aliphatic heterocycles. The number of hydrogen-bond donors (Lipinski definition) is 1. The van der Waals surface area contributed by atoms with E-state index in [0.717, 1.165) is 15.7 Å². The second kappa shape index (κ2) is 8.41. The third-order valence-corrected chi connectivity index (χ3v) is 4.05. The van der Waals surface area contributed by atoms with Crippen LogP contribution in [0.2, 0.25) is 0 Å². The number of nitrogens with zero attached hydrogens (tertiary/aromatic N) is 1. The molecule has 0 aliphatic rings. The summed E-state index contributed by atoms with van der Waals surface area (Å²) in [6.45, 7) is 5.28.